The molecule has 0 aromatic heterocycles. The second kappa shape index (κ2) is 6.20. The maximum absolute atomic E-state index is 10.9. The van der Waals surface area contributed by atoms with Crippen molar-refractivity contribution in [2.24, 2.45) is 5.92 Å². The van der Waals surface area contributed by atoms with E-state index in [1.165, 1.54) is 37.9 Å². The number of piperidine rings is 1. The van der Waals surface area contributed by atoms with Crippen LogP contribution in [0.1, 0.15) is 47.7 Å². The molecule has 1 fully saturated rings. The van der Waals surface area contributed by atoms with Gasteiger partial charge in [-0.05, 0) is 62.0 Å². The maximum Gasteiger partial charge on any atom is 0.335 e. The zero-order valence-corrected chi connectivity index (χ0v) is 11.9. The van der Waals surface area contributed by atoms with E-state index in [1.807, 2.05) is 13.0 Å². The van der Waals surface area contributed by atoms with E-state index in [9.17, 15) is 4.79 Å². The van der Waals surface area contributed by atoms with E-state index in [0.717, 1.165) is 18.0 Å². The molecule has 19 heavy (non-hydrogen) atoms. The standard InChI is InChI=1S/C16H23NO2/c1-3-13-6-8-17(9-7-13)11-15-5-4-14(16(18)19)10-12(15)2/h4-5,10,13H,3,6-9,11H2,1-2H3,(H,18,19). The van der Waals surface area contributed by atoms with E-state index >= 15 is 0 Å². The highest BCUT2D eigenvalue weighted by molar-refractivity contribution is 5.87. The third-order valence-electron chi connectivity index (χ3n) is 4.27. The molecule has 3 heteroatoms. The molecule has 0 unspecified atom stereocenters. The molecule has 0 radical (unpaired) electrons. The number of benzene rings is 1. The van der Waals surface area contributed by atoms with Crippen molar-refractivity contribution < 1.29 is 9.90 Å². The first kappa shape index (κ1) is 14.1. The number of aryl methyl sites for hydroxylation is 1. The topological polar surface area (TPSA) is 40.5 Å². The van der Waals surface area contributed by atoms with Crippen molar-refractivity contribution >= 4 is 5.97 Å². The molecule has 1 saturated heterocycles. The van der Waals surface area contributed by atoms with Crippen LogP contribution in [0.15, 0.2) is 18.2 Å². The van der Waals surface area contributed by atoms with Gasteiger partial charge in [0.25, 0.3) is 0 Å². The lowest BCUT2D eigenvalue weighted by Crippen LogP contribution is -2.33. The van der Waals surface area contributed by atoms with Gasteiger partial charge in [0.1, 0.15) is 0 Å². The normalized spacial score (nSPS) is 17.6. The molecule has 0 aliphatic carbocycles. The highest BCUT2D eigenvalue weighted by Gasteiger charge is 2.18. The first-order valence-corrected chi connectivity index (χ1v) is 7.15. The molecule has 1 heterocycles. The van der Waals surface area contributed by atoms with E-state index in [2.05, 4.69) is 11.8 Å². The van der Waals surface area contributed by atoms with Gasteiger partial charge in [-0.15, -0.1) is 0 Å². The summed E-state index contributed by atoms with van der Waals surface area (Å²) < 4.78 is 0. The second-order valence-corrected chi connectivity index (χ2v) is 5.57. The van der Waals surface area contributed by atoms with Crippen LogP contribution >= 0.6 is 0 Å². The van der Waals surface area contributed by atoms with Crippen molar-refractivity contribution in [1.29, 1.82) is 0 Å². The molecule has 1 aromatic carbocycles. The highest BCUT2D eigenvalue weighted by Crippen LogP contribution is 2.22. The van der Waals surface area contributed by atoms with Gasteiger partial charge in [-0.25, -0.2) is 4.79 Å². The first-order valence-electron chi connectivity index (χ1n) is 7.15. The zero-order valence-electron chi connectivity index (χ0n) is 11.9. The number of hydrogen-bond acceptors (Lipinski definition) is 2. The van der Waals surface area contributed by atoms with Gasteiger partial charge in [0, 0.05) is 6.54 Å². The third-order valence-corrected chi connectivity index (χ3v) is 4.27. The van der Waals surface area contributed by atoms with Crippen molar-refractivity contribution in [1.82, 2.24) is 4.90 Å². The molecular weight excluding hydrogens is 238 g/mol. The van der Waals surface area contributed by atoms with Crippen molar-refractivity contribution in [2.75, 3.05) is 13.1 Å². The summed E-state index contributed by atoms with van der Waals surface area (Å²) in [7, 11) is 0. The minimum Gasteiger partial charge on any atom is -0.478 e. The number of carbonyl (C=O) groups is 1. The van der Waals surface area contributed by atoms with Crippen LogP contribution < -0.4 is 0 Å². The maximum atomic E-state index is 10.9. The summed E-state index contributed by atoms with van der Waals surface area (Å²) in [6.07, 6.45) is 3.88. The Bertz CT molecular complexity index is 448. The fourth-order valence-corrected chi connectivity index (χ4v) is 2.80. The van der Waals surface area contributed by atoms with Crippen molar-refractivity contribution in [2.45, 2.75) is 39.7 Å². The fraction of sp³-hybridized carbons (Fsp3) is 0.562. The number of rotatable bonds is 4. The predicted molar refractivity (Wildman–Crippen MR) is 76.4 cm³/mol. The average molecular weight is 261 g/mol. The first-order chi connectivity index (χ1) is 9.10. The van der Waals surface area contributed by atoms with Crippen LogP contribution in [-0.2, 0) is 6.54 Å². The summed E-state index contributed by atoms with van der Waals surface area (Å²) in [6.45, 7) is 7.55. The van der Waals surface area contributed by atoms with Crippen LogP contribution in [0, 0.1) is 12.8 Å². The molecule has 0 spiro atoms. The molecule has 1 N–H and O–H groups in total. The van der Waals surface area contributed by atoms with E-state index in [0.29, 0.717) is 5.56 Å². The molecule has 0 bridgehead atoms. The molecule has 0 saturated carbocycles. The quantitative estimate of drug-likeness (QED) is 0.904. The summed E-state index contributed by atoms with van der Waals surface area (Å²) >= 11 is 0. The Hall–Kier alpha value is -1.35. The average Bonchev–Trinajstić information content (AvgIpc) is 2.41. The number of likely N-dealkylation sites (tertiary alicyclic amines) is 1. The summed E-state index contributed by atoms with van der Waals surface area (Å²) in [5.74, 6) is 0.0464. The van der Waals surface area contributed by atoms with Crippen LogP contribution in [0.4, 0.5) is 0 Å². The Balaban J connectivity index is 1.98. The SMILES string of the molecule is CCC1CCN(Cc2ccc(C(=O)O)cc2C)CC1. The van der Waals surface area contributed by atoms with E-state index in [4.69, 9.17) is 5.11 Å². The fourth-order valence-electron chi connectivity index (χ4n) is 2.80. The van der Waals surface area contributed by atoms with Gasteiger partial charge in [0.2, 0.25) is 0 Å². The molecule has 104 valence electrons. The van der Waals surface area contributed by atoms with Gasteiger partial charge in [-0.1, -0.05) is 19.4 Å². The summed E-state index contributed by atoms with van der Waals surface area (Å²) in [4.78, 5) is 13.4. The van der Waals surface area contributed by atoms with Gasteiger partial charge < -0.3 is 5.11 Å². The van der Waals surface area contributed by atoms with Crippen molar-refractivity contribution in [3.63, 3.8) is 0 Å². The van der Waals surface area contributed by atoms with E-state index < -0.39 is 5.97 Å². The second-order valence-electron chi connectivity index (χ2n) is 5.57. The Kier molecular flexibility index (Phi) is 4.59. The molecule has 2 rings (SSSR count). The third kappa shape index (κ3) is 3.57. The van der Waals surface area contributed by atoms with Crippen LogP contribution in [-0.4, -0.2) is 29.1 Å². The Labute approximate surface area is 115 Å². The van der Waals surface area contributed by atoms with E-state index in [-0.39, 0.29) is 0 Å². The lowest BCUT2D eigenvalue weighted by atomic mass is 9.94. The van der Waals surface area contributed by atoms with Crippen molar-refractivity contribution in [3.8, 4) is 0 Å². The smallest absolute Gasteiger partial charge is 0.335 e. The van der Waals surface area contributed by atoms with Gasteiger partial charge in [0.05, 0.1) is 5.56 Å². The number of carboxylic acids is 1. The van der Waals surface area contributed by atoms with Crippen LogP contribution in [0.3, 0.4) is 0 Å². The number of hydrogen-bond donors (Lipinski definition) is 1. The molecule has 0 atom stereocenters. The molecule has 1 aliphatic heterocycles. The van der Waals surface area contributed by atoms with Crippen LogP contribution in [0.25, 0.3) is 0 Å². The van der Waals surface area contributed by atoms with Crippen molar-refractivity contribution in [3.05, 3.63) is 34.9 Å². The Morgan fingerprint density at radius 1 is 1.37 bits per heavy atom. The minimum absolute atomic E-state index is 0.381. The number of carboxylic acid groups (broad SMARTS) is 1. The molecule has 0 amide bonds. The molecule has 1 aromatic rings. The largest absolute Gasteiger partial charge is 0.478 e. The summed E-state index contributed by atoms with van der Waals surface area (Å²) in [5, 5.41) is 8.97. The van der Waals surface area contributed by atoms with Crippen LogP contribution in [0.5, 0.6) is 0 Å². The monoisotopic (exact) mass is 261 g/mol. The lowest BCUT2D eigenvalue weighted by molar-refractivity contribution is 0.0696. The van der Waals surface area contributed by atoms with Crippen LogP contribution in [0.2, 0.25) is 0 Å². The summed E-state index contributed by atoms with van der Waals surface area (Å²) in [6, 6.07) is 5.45. The Morgan fingerprint density at radius 2 is 2.05 bits per heavy atom. The van der Waals surface area contributed by atoms with Gasteiger partial charge >= 0.3 is 5.97 Å². The lowest BCUT2D eigenvalue weighted by Gasteiger charge is -2.31. The van der Waals surface area contributed by atoms with E-state index in [1.54, 1.807) is 12.1 Å². The van der Waals surface area contributed by atoms with Gasteiger partial charge in [-0.3, -0.25) is 4.90 Å². The molecule has 1 aliphatic rings. The summed E-state index contributed by atoms with van der Waals surface area (Å²) in [5.41, 5.74) is 2.71. The molecule has 3 nitrogen and oxygen atoms in total. The number of nitrogens with zero attached hydrogens (tertiary/aromatic N) is 1. The predicted octanol–water partition coefficient (Wildman–Crippen LogP) is 3.32. The van der Waals surface area contributed by atoms with Gasteiger partial charge in [0.15, 0.2) is 0 Å². The number of aromatic carboxylic acids is 1. The van der Waals surface area contributed by atoms with Gasteiger partial charge in [-0.2, -0.15) is 0 Å². The minimum atomic E-state index is -0.849. The Morgan fingerprint density at radius 3 is 2.58 bits per heavy atom. The highest BCUT2D eigenvalue weighted by atomic mass is 16.4. The zero-order chi connectivity index (χ0) is 13.8. The molecular formula is C16H23NO2.